The number of carbonyl (C=O) groups is 1. The van der Waals surface area contributed by atoms with E-state index >= 15 is 0 Å². The molecule has 0 aliphatic heterocycles. The predicted octanol–water partition coefficient (Wildman–Crippen LogP) is 2.98. The molecule has 1 aromatic carbocycles. The first-order chi connectivity index (χ1) is 6.06. The largest absolute Gasteiger partial charge is 0.465 e. The minimum atomic E-state index is -0.537. The van der Waals surface area contributed by atoms with Crippen LogP contribution in [0.2, 0.25) is 0 Å². The van der Waals surface area contributed by atoms with Crippen molar-refractivity contribution in [1.29, 1.82) is 0 Å². The first-order valence-corrected chi connectivity index (χ1v) is 5.16. The van der Waals surface area contributed by atoms with E-state index in [1.165, 1.54) is 13.2 Å². The van der Waals surface area contributed by atoms with Crippen molar-refractivity contribution in [3.63, 3.8) is 0 Å². The van der Waals surface area contributed by atoms with Crippen LogP contribution in [0, 0.1) is 9.39 Å². The predicted molar refractivity (Wildman–Crippen MR) is 58.2 cm³/mol. The Morgan fingerprint density at radius 2 is 2.23 bits per heavy atom. The van der Waals surface area contributed by atoms with Crippen LogP contribution in [-0.4, -0.2) is 13.1 Å². The van der Waals surface area contributed by atoms with Crippen molar-refractivity contribution in [1.82, 2.24) is 0 Å². The molecule has 0 heterocycles. The molecule has 1 aromatic rings. The molecule has 0 unspecified atom stereocenters. The number of rotatable bonds is 1. The number of hydrogen-bond donors (Lipinski definition) is 0. The Hall–Kier alpha value is -0.170. The number of halogens is 3. The van der Waals surface area contributed by atoms with Crippen molar-refractivity contribution in [3.8, 4) is 0 Å². The number of esters is 1. The van der Waals surface area contributed by atoms with Gasteiger partial charge in [0.15, 0.2) is 0 Å². The molecule has 0 aromatic heterocycles. The fourth-order valence-corrected chi connectivity index (χ4v) is 1.78. The summed E-state index contributed by atoms with van der Waals surface area (Å²) < 4.78 is 18.6. The number of ether oxygens (including phenoxy) is 1. The lowest BCUT2D eigenvalue weighted by molar-refractivity contribution is 0.0599. The Balaban J connectivity index is 3.28. The maximum Gasteiger partial charge on any atom is 0.339 e. The highest BCUT2D eigenvalue weighted by molar-refractivity contribution is 14.1. The second-order valence-corrected chi connectivity index (χ2v) is 4.17. The van der Waals surface area contributed by atoms with E-state index in [0.29, 0.717) is 8.04 Å². The van der Waals surface area contributed by atoms with Crippen molar-refractivity contribution in [3.05, 3.63) is 31.6 Å². The molecule has 2 nitrogen and oxygen atoms in total. The van der Waals surface area contributed by atoms with Gasteiger partial charge < -0.3 is 4.74 Å². The van der Waals surface area contributed by atoms with Crippen LogP contribution in [0.3, 0.4) is 0 Å². The van der Waals surface area contributed by atoms with Gasteiger partial charge in [0.25, 0.3) is 0 Å². The van der Waals surface area contributed by atoms with Gasteiger partial charge in [-0.1, -0.05) is 0 Å². The van der Waals surface area contributed by atoms with Crippen LogP contribution < -0.4 is 0 Å². The molecule has 13 heavy (non-hydrogen) atoms. The summed E-state index contributed by atoms with van der Waals surface area (Å²) in [5, 5.41) is 0. The molecule has 0 aliphatic rings. The Bertz CT molecular complexity index is 354. The monoisotopic (exact) mass is 358 g/mol. The third kappa shape index (κ3) is 2.40. The lowest BCUT2D eigenvalue weighted by Gasteiger charge is -2.04. The van der Waals surface area contributed by atoms with Gasteiger partial charge in [0.2, 0.25) is 0 Å². The van der Waals surface area contributed by atoms with E-state index in [4.69, 9.17) is 0 Å². The maximum atomic E-state index is 12.9. The molecule has 0 spiro atoms. The average molecular weight is 359 g/mol. The smallest absolute Gasteiger partial charge is 0.339 e. The van der Waals surface area contributed by atoms with E-state index < -0.39 is 11.8 Å². The van der Waals surface area contributed by atoms with Crippen LogP contribution in [0.5, 0.6) is 0 Å². The van der Waals surface area contributed by atoms with Gasteiger partial charge in [0.1, 0.15) is 5.82 Å². The van der Waals surface area contributed by atoms with E-state index in [9.17, 15) is 9.18 Å². The Morgan fingerprint density at radius 3 is 2.77 bits per heavy atom. The minimum Gasteiger partial charge on any atom is -0.465 e. The fraction of sp³-hybridized carbons (Fsp3) is 0.125. The third-order valence-corrected chi connectivity index (χ3v) is 3.93. The Labute approximate surface area is 96.7 Å². The zero-order chi connectivity index (χ0) is 10.0. The van der Waals surface area contributed by atoms with E-state index in [1.807, 2.05) is 22.6 Å². The maximum absolute atomic E-state index is 12.9. The van der Waals surface area contributed by atoms with Gasteiger partial charge in [0.05, 0.1) is 12.7 Å². The van der Waals surface area contributed by atoms with Crippen LogP contribution in [0.15, 0.2) is 16.6 Å². The summed E-state index contributed by atoms with van der Waals surface area (Å²) in [4.78, 5) is 11.1. The molecule has 0 aliphatic carbocycles. The standard InChI is InChI=1S/C8H5BrFIO2/c1-13-8(12)5-2-4(10)3-6(9)7(5)11/h2-3H,1H3. The Morgan fingerprint density at radius 1 is 1.62 bits per heavy atom. The van der Waals surface area contributed by atoms with Crippen molar-refractivity contribution < 1.29 is 13.9 Å². The van der Waals surface area contributed by atoms with Gasteiger partial charge in [-0.3, -0.25) is 0 Å². The third-order valence-electron chi connectivity index (χ3n) is 1.40. The SMILES string of the molecule is COC(=O)c1cc(F)cc(Br)c1I. The number of carbonyl (C=O) groups excluding carboxylic acids is 1. The number of methoxy groups -OCH3 is 1. The van der Waals surface area contributed by atoms with Crippen LogP contribution in [-0.2, 0) is 4.74 Å². The summed E-state index contributed by atoms with van der Waals surface area (Å²) in [6.45, 7) is 0. The topological polar surface area (TPSA) is 26.3 Å². The molecule has 70 valence electrons. The van der Waals surface area contributed by atoms with Crippen molar-refractivity contribution in [2.45, 2.75) is 0 Å². The normalized spacial score (nSPS) is 9.85. The van der Waals surface area contributed by atoms with Gasteiger partial charge in [-0.05, 0) is 50.7 Å². The molecular weight excluding hydrogens is 354 g/mol. The van der Waals surface area contributed by atoms with E-state index in [1.54, 1.807) is 0 Å². The minimum absolute atomic E-state index is 0.231. The highest BCUT2D eigenvalue weighted by Crippen LogP contribution is 2.24. The second-order valence-electron chi connectivity index (χ2n) is 2.24. The molecule has 0 saturated carbocycles. The zero-order valence-electron chi connectivity index (χ0n) is 6.61. The van der Waals surface area contributed by atoms with Crippen molar-refractivity contribution >= 4 is 44.5 Å². The summed E-state index contributed by atoms with van der Waals surface area (Å²) in [6.07, 6.45) is 0. The van der Waals surface area contributed by atoms with Gasteiger partial charge in [0, 0.05) is 8.04 Å². The van der Waals surface area contributed by atoms with Crippen molar-refractivity contribution in [2.24, 2.45) is 0 Å². The summed E-state index contributed by atoms with van der Waals surface area (Å²) in [7, 11) is 1.26. The first-order valence-electron chi connectivity index (χ1n) is 3.29. The molecule has 0 radical (unpaired) electrons. The van der Waals surface area contributed by atoms with Gasteiger partial charge in [-0.2, -0.15) is 0 Å². The van der Waals surface area contributed by atoms with E-state index in [2.05, 4.69) is 20.7 Å². The summed E-state index contributed by atoms with van der Waals surface area (Å²) in [5.74, 6) is -1.00. The molecule has 0 fully saturated rings. The van der Waals surface area contributed by atoms with Crippen LogP contribution >= 0.6 is 38.5 Å². The Kier molecular flexibility index (Phi) is 3.66. The molecule has 0 saturated heterocycles. The summed E-state index contributed by atoms with van der Waals surface area (Å²) >= 11 is 5.08. The quantitative estimate of drug-likeness (QED) is 0.438. The lowest BCUT2D eigenvalue weighted by atomic mass is 10.2. The lowest BCUT2D eigenvalue weighted by Crippen LogP contribution is -2.04. The fourth-order valence-electron chi connectivity index (χ4n) is 0.814. The van der Waals surface area contributed by atoms with E-state index in [-0.39, 0.29) is 5.56 Å². The van der Waals surface area contributed by atoms with E-state index in [0.717, 1.165) is 6.07 Å². The van der Waals surface area contributed by atoms with Crippen molar-refractivity contribution in [2.75, 3.05) is 7.11 Å². The highest BCUT2D eigenvalue weighted by Gasteiger charge is 2.14. The van der Waals surface area contributed by atoms with Gasteiger partial charge >= 0.3 is 5.97 Å². The highest BCUT2D eigenvalue weighted by atomic mass is 127. The molecule has 0 atom stereocenters. The second kappa shape index (κ2) is 4.36. The number of hydrogen-bond acceptors (Lipinski definition) is 2. The van der Waals surface area contributed by atoms with Crippen LogP contribution in [0.25, 0.3) is 0 Å². The molecule has 0 bridgehead atoms. The molecule has 0 amide bonds. The summed E-state index contributed by atoms with van der Waals surface area (Å²) in [5.41, 5.74) is 0.231. The van der Waals surface area contributed by atoms with Gasteiger partial charge in [-0.25, -0.2) is 9.18 Å². The molecular formula is C8H5BrFIO2. The average Bonchev–Trinajstić information content (AvgIpc) is 2.10. The van der Waals surface area contributed by atoms with Crippen LogP contribution in [0.1, 0.15) is 10.4 Å². The van der Waals surface area contributed by atoms with Crippen LogP contribution in [0.4, 0.5) is 4.39 Å². The summed E-state index contributed by atoms with van der Waals surface area (Å²) in [6, 6.07) is 2.45. The first kappa shape index (κ1) is 10.9. The zero-order valence-corrected chi connectivity index (χ0v) is 10.3. The molecule has 0 N–H and O–H groups in total. The molecule has 5 heteroatoms. The van der Waals surface area contributed by atoms with Gasteiger partial charge in [-0.15, -0.1) is 0 Å². The number of benzene rings is 1. The molecule has 1 rings (SSSR count).